The standard InChI is InChI=1S/C12H11N3O3/c13-11(16)10-4-5-15(14-10)7-8-2-1-3-9(6-8)12(17)18/h1-6H,7H2,(H2,13,16)(H,17,18). The second kappa shape index (κ2) is 4.70. The molecule has 0 spiro atoms. The van der Waals surface area contributed by atoms with E-state index in [9.17, 15) is 9.59 Å². The summed E-state index contributed by atoms with van der Waals surface area (Å²) < 4.78 is 1.53. The Morgan fingerprint density at radius 1 is 1.33 bits per heavy atom. The third-order valence-electron chi connectivity index (χ3n) is 2.41. The van der Waals surface area contributed by atoms with Crippen molar-refractivity contribution in [3.05, 3.63) is 53.3 Å². The molecule has 92 valence electrons. The quantitative estimate of drug-likeness (QED) is 0.829. The van der Waals surface area contributed by atoms with E-state index in [0.717, 1.165) is 5.56 Å². The Hall–Kier alpha value is -2.63. The molecule has 1 aromatic carbocycles. The second-order valence-electron chi connectivity index (χ2n) is 3.77. The molecule has 0 saturated heterocycles. The van der Waals surface area contributed by atoms with Gasteiger partial charge in [-0.2, -0.15) is 5.10 Å². The average Bonchev–Trinajstić information content (AvgIpc) is 2.78. The first-order valence-electron chi connectivity index (χ1n) is 5.22. The topological polar surface area (TPSA) is 98.2 Å². The Bertz CT molecular complexity index is 604. The molecule has 1 amide bonds. The van der Waals surface area contributed by atoms with E-state index in [4.69, 9.17) is 10.8 Å². The van der Waals surface area contributed by atoms with E-state index >= 15 is 0 Å². The van der Waals surface area contributed by atoms with Crippen molar-refractivity contribution in [3.8, 4) is 0 Å². The van der Waals surface area contributed by atoms with Crippen LogP contribution in [0, 0.1) is 0 Å². The van der Waals surface area contributed by atoms with Crippen molar-refractivity contribution in [2.75, 3.05) is 0 Å². The van der Waals surface area contributed by atoms with Crippen molar-refractivity contribution in [2.45, 2.75) is 6.54 Å². The van der Waals surface area contributed by atoms with Gasteiger partial charge in [0, 0.05) is 6.20 Å². The Morgan fingerprint density at radius 3 is 2.72 bits per heavy atom. The van der Waals surface area contributed by atoms with Gasteiger partial charge in [-0.3, -0.25) is 9.48 Å². The van der Waals surface area contributed by atoms with Gasteiger partial charge >= 0.3 is 5.97 Å². The highest BCUT2D eigenvalue weighted by Gasteiger charge is 2.06. The smallest absolute Gasteiger partial charge is 0.335 e. The Labute approximate surface area is 103 Å². The van der Waals surface area contributed by atoms with Gasteiger partial charge in [-0.1, -0.05) is 12.1 Å². The van der Waals surface area contributed by atoms with Crippen LogP contribution >= 0.6 is 0 Å². The van der Waals surface area contributed by atoms with E-state index in [1.165, 1.54) is 16.8 Å². The molecule has 0 atom stereocenters. The van der Waals surface area contributed by atoms with Crippen molar-refractivity contribution in [1.82, 2.24) is 9.78 Å². The number of carbonyl (C=O) groups excluding carboxylic acids is 1. The summed E-state index contributed by atoms with van der Waals surface area (Å²) >= 11 is 0. The fourth-order valence-electron chi connectivity index (χ4n) is 1.57. The van der Waals surface area contributed by atoms with E-state index < -0.39 is 11.9 Å². The Morgan fingerprint density at radius 2 is 2.11 bits per heavy atom. The van der Waals surface area contributed by atoms with Gasteiger partial charge in [0.2, 0.25) is 0 Å². The number of hydrogen-bond acceptors (Lipinski definition) is 3. The zero-order chi connectivity index (χ0) is 13.1. The zero-order valence-corrected chi connectivity index (χ0v) is 9.41. The highest BCUT2D eigenvalue weighted by Crippen LogP contribution is 2.07. The van der Waals surface area contributed by atoms with E-state index in [1.54, 1.807) is 24.4 Å². The predicted octanol–water partition coefficient (Wildman–Crippen LogP) is 0.728. The van der Waals surface area contributed by atoms with Crippen LogP contribution in [0.5, 0.6) is 0 Å². The number of benzene rings is 1. The van der Waals surface area contributed by atoms with E-state index in [1.807, 2.05) is 0 Å². The van der Waals surface area contributed by atoms with Crippen LogP contribution in [0.15, 0.2) is 36.5 Å². The van der Waals surface area contributed by atoms with Gasteiger partial charge in [0.25, 0.3) is 5.91 Å². The molecular formula is C12H11N3O3. The lowest BCUT2D eigenvalue weighted by atomic mass is 10.1. The molecule has 6 nitrogen and oxygen atoms in total. The summed E-state index contributed by atoms with van der Waals surface area (Å²) in [5.74, 6) is -1.57. The lowest BCUT2D eigenvalue weighted by molar-refractivity contribution is 0.0696. The number of nitrogens with two attached hydrogens (primary N) is 1. The molecule has 0 aliphatic heterocycles. The number of carbonyl (C=O) groups is 2. The van der Waals surface area contributed by atoms with Crippen LogP contribution in [0.1, 0.15) is 26.4 Å². The molecule has 0 bridgehead atoms. The number of aromatic carboxylic acids is 1. The largest absolute Gasteiger partial charge is 0.478 e. The van der Waals surface area contributed by atoms with Crippen molar-refractivity contribution in [2.24, 2.45) is 5.73 Å². The molecule has 0 fully saturated rings. The molecule has 6 heteroatoms. The predicted molar refractivity (Wildman–Crippen MR) is 63.2 cm³/mol. The molecule has 1 aromatic heterocycles. The van der Waals surface area contributed by atoms with Gasteiger partial charge in [0.1, 0.15) is 5.69 Å². The summed E-state index contributed by atoms with van der Waals surface area (Å²) in [4.78, 5) is 21.7. The van der Waals surface area contributed by atoms with Crippen molar-refractivity contribution in [3.63, 3.8) is 0 Å². The first-order chi connectivity index (χ1) is 8.56. The molecule has 3 N–H and O–H groups in total. The van der Waals surface area contributed by atoms with Crippen molar-refractivity contribution in [1.29, 1.82) is 0 Å². The zero-order valence-electron chi connectivity index (χ0n) is 9.41. The van der Waals surface area contributed by atoms with Crippen LogP contribution < -0.4 is 5.73 Å². The molecule has 0 unspecified atom stereocenters. The summed E-state index contributed by atoms with van der Waals surface area (Å²) in [6, 6.07) is 8.05. The van der Waals surface area contributed by atoms with Gasteiger partial charge in [-0.25, -0.2) is 4.79 Å². The number of rotatable bonds is 4. The maximum atomic E-state index is 10.9. The maximum Gasteiger partial charge on any atom is 0.335 e. The third kappa shape index (κ3) is 2.54. The number of nitrogens with zero attached hydrogens (tertiary/aromatic N) is 2. The summed E-state index contributed by atoms with van der Waals surface area (Å²) in [5.41, 5.74) is 6.28. The molecular weight excluding hydrogens is 234 g/mol. The first-order valence-corrected chi connectivity index (χ1v) is 5.22. The Balaban J connectivity index is 2.20. The molecule has 2 rings (SSSR count). The number of primary amides is 1. The summed E-state index contributed by atoms with van der Waals surface area (Å²) in [5, 5.41) is 12.8. The van der Waals surface area contributed by atoms with Crippen LogP contribution in [-0.2, 0) is 6.54 Å². The fraction of sp³-hybridized carbons (Fsp3) is 0.0833. The van der Waals surface area contributed by atoms with Crippen LogP contribution in [-0.4, -0.2) is 26.8 Å². The minimum Gasteiger partial charge on any atom is -0.478 e. The fourth-order valence-corrected chi connectivity index (χ4v) is 1.57. The number of hydrogen-bond donors (Lipinski definition) is 2. The highest BCUT2D eigenvalue weighted by molar-refractivity contribution is 5.90. The van der Waals surface area contributed by atoms with Crippen LogP contribution in [0.2, 0.25) is 0 Å². The van der Waals surface area contributed by atoms with Gasteiger partial charge in [-0.05, 0) is 23.8 Å². The summed E-state index contributed by atoms with van der Waals surface area (Å²) in [7, 11) is 0. The molecule has 18 heavy (non-hydrogen) atoms. The normalized spacial score (nSPS) is 10.2. The lowest BCUT2D eigenvalue weighted by Crippen LogP contribution is -2.12. The number of aromatic nitrogens is 2. The number of carboxylic acid groups (broad SMARTS) is 1. The van der Waals surface area contributed by atoms with E-state index in [0.29, 0.717) is 6.54 Å². The highest BCUT2D eigenvalue weighted by atomic mass is 16.4. The SMILES string of the molecule is NC(=O)c1ccn(Cc2cccc(C(=O)O)c2)n1. The van der Waals surface area contributed by atoms with Gasteiger partial charge < -0.3 is 10.8 Å². The minimum atomic E-state index is -0.977. The van der Waals surface area contributed by atoms with Crippen LogP contribution in [0.25, 0.3) is 0 Å². The summed E-state index contributed by atoms with van der Waals surface area (Å²) in [6.07, 6.45) is 1.62. The van der Waals surface area contributed by atoms with Crippen LogP contribution in [0.3, 0.4) is 0 Å². The minimum absolute atomic E-state index is 0.185. The second-order valence-corrected chi connectivity index (χ2v) is 3.77. The third-order valence-corrected chi connectivity index (χ3v) is 2.41. The molecule has 1 heterocycles. The van der Waals surface area contributed by atoms with Gasteiger partial charge in [0.15, 0.2) is 0 Å². The van der Waals surface area contributed by atoms with Crippen molar-refractivity contribution < 1.29 is 14.7 Å². The number of carboxylic acids is 1. The number of amides is 1. The maximum absolute atomic E-state index is 10.9. The lowest BCUT2D eigenvalue weighted by Gasteiger charge is -2.03. The van der Waals surface area contributed by atoms with Crippen molar-refractivity contribution >= 4 is 11.9 Å². The summed E-state index contributed by atoms with van der Waals surface area (Å²) in [6.45, 7) is 0.383. The molecule has 0 aliphatic carbocycles. The van der Waals surface area contributed by atoms with Gasteiger partial charge in [0.05, 0.1) is 12.1 Å². The molecule has 0 saturated carbocycles. The monoisotopic (exact) mass is 245 g/mol. The van der Waals surface area contributed by atoms with E-state index in [2.05, 4.69) is 5.10 Å². The molecule has 0 radical (unpaired) electrons. The van der Waals surface area contributed by atoms with Crippen LogP contribution in [0.4, 0.5) is 0 Å². The average molecular weight is 245 g/mol. The van der Waals surface area contributed by atoms with Gasteiger partial charge in [-0.15, -0.1) is 0 Å². The Kier molecular flexibility index (Phi) is 3.09. The van der Waals surface area contributed by atoms with E-state index in [-0.39, 0.29) is 11.3 Å². The molecule has 2 aromatic rings. The molecule has 0 aliphatic rings. The first kappa shape index (κ1) is 11.8.